The molecule has 0 saturated carbocycles. The Labute approximate surface area is 119 Å². The van der Waals surface area contributed by atoms with Crippen LogP contribution in [-0.2, 0) is 11.3 Å². The molecule has 4 nitrogen and oxygen atoms in total. The number of carboxylic acid groups (broad SMARTS) is 1. The third kappa shape index (κ3) is 3.87. The third-order valence-electron chi connectivity index (χ3n) is 2.66. The molecule has 2 rings (SSSR count). The highest BCUT2D eigenvalue weighted by Gasteiger charge is 2.18. The number of pyridine rings is 1. The molecule has 0 spiro atoms. The van der Waals surface area contributed by atoms with E-state index in [9.17, 15) is 9.90 Å². The van der Waals surface area contributed by atoms with Gasteiger partial charge in [0, 0.05) is 17.2 Å². The van der Waals surface area contributed by atoms with Crippen LogP contribution in [0.1, 0.15) is 17.3 Å². The van der Waals surface area contributed by atoms with Crippen molar-refractivity contribution >= 4 is 21.9 Å². The van der Waals surface area contributed by atoms with E-state index >= 15 is 0 Å². The second-order valence-corrected chi connectivity index (χ2v) is 4.95. The molecule has 0 amide bonds. The summed E-state index contributed by atoms with van der Waals surface area (Å²) in [7, 11) is 0. The van der Waals surface area contributed by atoms with E-state index < -0.39 is 12.0 Å². The SMILES string of the molecule is O=C(O)C(NCc1ccc(Br)cn1)c1ccccc1. The fourth-order valence-electron chi connectivity index (χ4n) is 1.71. The Bertz CT molecular complexity index is 543. The smallest absolute Gasteiger partial charge is 0.325 e. The van der Waals surface area contributed by atoms with Gasteiger partial charge in [0.2, 0.25) is 0 Å². The highest BCUT2D eigenvalue weighted by molar-refractivity contribution is 9.10. The second kappa shape index (κ2) is 6.45. The van der Waals surface area contributed by atoms with E-state index in [2.05, 4.69) is 26.2 Å². The summed E-state index contributed by atoms with van der Waals surface area (Å²) >= 11 is 3.31. The average molecular weight is 321 g/mol. The molecule has 0 saturated heterocycles. The van der Waals surface area contributed by atoms with Crippen molar-refractivity contribution in [1.82, 2.24) is 10.3 Å². The Morgan fingerprint density at radius 3 is 2.58 bits per heavy atom. The normalized spacial score (nSPS) is 12.1. The van der Waals surface area contributed by atoms with Crippen molar-refractivity contribution in [3.05, 3.63) is 64.4 Å². The van der Waals surface area contributed by atoms with E-state index in [4.69, 9.17) is 0 Å². The highest BCUT2D eigenvalue weighted by Crippen LogP contribution is 2.14. The monoisotopic (exact) mass is 320 g/mol. The minimum Gasteiger partial charge on any atom is -0.480 e. The summed E-state index contributed by atoms with van der Waals surface area (Å²) in [5.74, 6) is -0.900. The van der Waals surface area contributed by atoms with E-state index in [1.165, 1.54) is 0 Å². The Balaban J connectivity index is 2.06. The standard InChI is InChI=1S/C14H13BrN2O2/c15-11-6-7-12(16-8-11)9-17-13(14(18)19)10-4-2-1-3-5-10/h1-8,13,17H,9H2,(H,18,19). The summed E-state index contributed by atoms with van der Waals surface area (Å²) in [6, 6.07) is 12.1. The molecule has 1 atom stereocenters. The number of aromatic nitrogens is 1. The van der Waals surface area contributed by atoms with Crippen molar-refractivity contribution in [3.8, 4) is 0 Å². The van der Waals surface area contributed by atoms with Gasteiger partial charge >= 0.3 is 5.97 Å². The Morgan fingerprint density at radius 1 is 1.26 bits per heavy atom. The second-order valence-electron chi connectivity index (χ2n) is 4.03. The molecule has 2 N–H and O–H groups in total. The number of aliphatic carboxylic acids is 1. The van der Waals surface area contributed by atoms with Gasteiger partial charge in [0.25, 0.3) is 0 Å². The van der Waals surface area contributed by atoms with Gasteiger partial charge in [-0.3, -0.25) is 15.1 Å². The van der Waals surface area contributed by atoms with E-state index in [0.717, 1.165) is 15.7 Å². The number of rotatable bonds is 5. The van der Waals surface area contributed by atoms with Crippen molar-refractivity contribution in [2.75, 3.05) is 0 Å². The van der Waals surface area contributed by atoms with Crippen molar-refractivity contribution in [2.45, 2.75) is 12.6 Å². The average Bonchev–Trinajstić information content (AvgIpc) is 2.42. The maximum absolute atomic E-state index is 11.3. The molecule has 0 aliphatic carbocycles. The lowest BCUT2D eigenvalue weighted by Crippen LogP contribution is -2.28. The summed E-state index contributed by atoms with van der Waals surface area (Å²) in [6.07, 6.45) is 1.69. The van der Waals surface area contributed by atoms with Crippen LogP contribution in [0.5, 0.6) is 0 Å². The van der Waals surface area contributed by atoms with Crippen LogP contribution in [0.4, 0.5) is 0 Å². The van der Waals surface area contributed by atoms with Crippen LogP contribution in [0.3, 0.4) is 0 Å². The maximum Gasteiger partial charge on any atom is 0.325 e. The Hall–Kier alpha value is -1.72. The van der Waals surface area contributed by atoms with Crippen molar-refractivity contribution < 1.29 is 9.90 Å². The van der Waals surface area contributed by atoms with Gasteiger partial charge in [-0.25, -0.2) is 0 Å². The molecule has 0 aliphatic rings. The van der Waals surface area contributed by atoms with Gasteiger partial charge in [-0.05, 0) is 33.6 Å². The first-order chi connectivity index (χ1) is 9.16. The molecular formula is C14H13BrN2O2. The van der Waals surface area contributed by atoms with Gasteiger partial charge in [-0.1, -0.05) is 30.3 Å². The lowest BCUT2D eigenvalue weighted by atomic mass is 10.1. The van der Waals surface area contributed by atoms with Crippen molar-refractivity contribution in [1.29, 1.82) is 0 Å². The number of nitrogens with one attached hydrogen (secondary N) is 1. The summed E-state index contributed by atoms with van der Waals surface area (Å²) < 4.78 is 0.897. The Morgan fingerprint density at radius 2 is 2.00 bits per heavy atom. The first-order valence-corrected chi connectivity index (χ1v) is 6.57. The van der Waals surface area contributed by atoms with Gasteiger partial charge in [0.15, 0.2) is 0 Å². The summed E-state index contributed by atoms with van der Waals surface area (Å²) in [6.45, 7) is 0.402. The van der Waals surface area contributed by atoms with E-state index in [1.54, 1.807) is 18.3 Å². The zero-order valence-corrected chi connectivity index (χ0v) is 11.7. The van der Waals surface area contributed by atoms with E-state index in [0.29, 0.717) is 6.54 Å². The van der Waals surface area contributed by atoms with E-state index in [-0.39, 0.29) is 0 Å². The highest BCUT2D eigenvalue weighted by atomic mass is 79.9. The molecule has 1 aromatic heterocycles. The molecule has 1 heterocycles. The fraction of sp³-hybridized carbons (Fsp3) is 0.143. The minimum atomic E-state index is -0.900. The lowest BCUT2D eigenvalue weighted by molar-refractivity contribution is -0.139. The van der Waals surface area contributed by atoms with Crippen LogP contribution >= 0.6 is 15.9 Å². The molecule has 0 aliphatic heterocycles. The zero-order valence-electron chi connectivity index (χ0n) is 10.1. The number of benzene rings is 1. The van der Waals surface area contributed by atoms with Gasteiger partial charge < -0.3 is 5.11 Å². The molecule has 5 heteroatoms. The van der Waals surface area contributed by atoms with Crippen molar-refractivity contribution in [2.24, 2.45) is 0 Å². The molecule has 1 aromatic carbocycles. The topological polar surface area (TPSA) is 62.2 Å². The summed E-state index contributed by atoms with van der Waals surface area (Å²) in [5, 5.41) is 12.3. The molecule has 2 aromatic rings. The first kappa shape index (κ1) is 13.7. The zero-order chi connectivity index (χ0) is 13.7. The molecule has 0 fully saturated rings. The van der Waals surface area contributed by atoms with Crippen molar-refractivity contribution in [3.63, 3.8) is 0 Å². The van der Waals surface area contributed by atoms with Gasteiger partial charge in [0.05, 0.1) is 5.69 Å². The Kier molecular flexibility index (Phi) is 4.65. The largest absolute Gasteiger partial charge is 0.480 e. The lowest BCUT2D eigenvalue weighted by Gasteiger charge is -2.14. The van der Waals surface area contributed by atoms with Gasteiger partial charge in [-0.2, -0.15) is 0 Å². The number of nitrogens with zero attached hydrogens (tertiary/aromatic N) is 1. The number of hydrogen-bond donors (Lipinski definition) is 2. The molecule has 0 bridgehead atoms. The predicted octanol–water partition coefficient (Wildman–Crippen LogP) is 2.76. The van der Waals surface area contributed by atoms with Crippen LogP contribution in [0.25, 0.3) is 0 Å². The molecule has 1 unspecified atom stereocenters. The molecule has 19 heavy (non-hydrogen) atoms. The number of carbonyl (C=O) groups is 1. The summed E-state index contributed by atoms with van der Waals surface area (Å²) in [4.78, 5) is 15.5. The fourth-order valence-corrected chi connectivity index (χ4v) is 1.95. The third-order valence-corrected chi connectivity index (χ3v) is 3.12. The first-order valence-electron chi connectivity index (χ1n) is 5.78. The quantitative estimate of drug-likeness (QED) is 0.889. The van der Waals surface area contributed by atoms with Gasteiger partial charge in [0.1, 0.15) is 6.04 Å². The van der Waals surface area contributed by atoms with Gasteiger partial charge in [-0.15, -0.1) is 0 Å². The molecular weight excluding hydrogens is 308 g/mol. The van der Waals surface area contributed by atoms with E-state index in [1.807, 2.05) is 30.3 Å². The maximum atomic E-state index is 11.3. The predicted molar refractivity (Wildman–Crippen MR) is 75.6 cm³/mol. The number of carboxylic acids is 1. The number of hydrogen-bond acceptors (Lipinski definition) is 3. The minimum absolute atomic E-state index is 0.402. The van der Waals surface area contributed by atoms with Crippen LogP contribution in [0.2, 0.25) is 0 Å². The number of halogens is 1. The van der Waals surface area contributed by atoms with Crippen LogP contribution in [-0.4, -0.2) is 16.1 Å². The molecule has 0 radical (unpaired) electrons. The van der Waals surface area contributed by atoms with Crippen LogP contribution in [0, 0.1) is 0 Å². The van der Waals surface area contributed by atoms with Crippen LogP contribution < -0.4 is 5.32 Å². The molecule has 98 valence electrons. The summed E-state index contributed by atoms with van der Waals surface area (Å²) in [5.41, 5.74) is 1.53. The van der Waals surface area contributed by atoms with Crippen LogP contribution in [0.15, 0.2) is 53.1 Å².